The maximum atomic E-state index is 12.3. The Balaban J connectivity index is 1.66. The number of ether oxygens (including phenoxy) is 2. The molecule has 0 aliphatic heterocycles. The fraction of sp³-hybridized carbons (Fsp3) is 0.176. The summed E-state index contributed by atoms with van der Waals surface area (Å²) in [6, 6.07) is 6.66. The summed E-state index contributed by atoms with van der Waals surface area (Å²) in [7, 11) is 0. The molecule has 0 aliphatic carbocycles. The molecule has 3 aromatic rings. The van der Waals surface area contributed by atoms with E-state index in [1.165, 1.54) is 11.3 Å². The zero-order valence-corrected chi connectivity index (χ0v) is 15.6. The van der Waals surface area contributed by atoms with E-state index in [-0.39, 0.29) is 12.5 Å². The second-order valence-corrected chi connectivity index (χ2v) is 6.89. The minimum Gasteiger partial charge on any atom is -0.462 e. The highest BCUT2D eigenvalue weighted by atomic mass is 32.1. The predicted octanol–water partition coefficient (Wildman–Crippen LogP) is 4.13. The molecule has 26 heavy (non-hydrogen) atoms. The molecule has 0 spiro atoms. The van der Waals surface area contributed by atoms with Gasteiger partial charge in [0.15, 0.2) is 5.13 Å². The molecule has 0 saturated carbocycles. The standard InChI is InChI=1S/C17H15N3O4S2/c1-3-23-15(22)13-10(2)19-16(26-13)20-14(21)11-4-6-12(7-5-11)24-17-18-8-9-25-17/h4-9H,3H2,1-2H3,(H,19,20,21). The van der Waals surface area contributed by atoms with Crippen molar-refractivity contribution < 1.29 is 19.1 Å². The van der Waals surface area contributed by atoms with Crippen molar-refractivity contribution in [2.24, 2.45) is 0 Å². The molecule has 0 unspecified atom stereocenters. The van der Waals surface area contributed by atoms with Crippen molar-refractivity contribution in [2.45, 2.75) is 13.8 Å². The lowest BCUT2D eigenvalue weighted by Gasteiger charge is -2.04. The number of rotatable bonds is 6. The lowest BCUT2D eigenvalue weighted by molar-refractivity contribution is 0.0531. The van der Waals surface area contributed by atoms with Gasteiger partial charge in [-0.25, -0.2) is 14.8 Å². The van der Waals surface area contributed by atoms with Crippen molar-refractivity contribution in [3.63, 3.8) is 0 Å². The summed E-state index contributed by atoms with van der Waals surface area (Å²) >= 11 is 2.47. The summed E-state index contributed by atoms with van der Waals surface area (Å²) in [6.07, 6.45) is 1.66. The van der Waals surface area contributed by atoms with Gasteiger partial charge < -0.3 is 9.47 Å². The fourth-order valence-electron chi connectivity index (χ4n) is 2.04. The number of aromatic nitrogens is 2. The number of hydrogen-bond donors (Lipinski definition) is 1. The van der Waals surface area contributed by atoms with Gasteiger partial charge in [0.05, 0.1) is 12.3 Å². The molecule has 7 nitrogen and oxygen atoms in total. The molecule has 134 valence electrons. The van der Waals surface area contributed by atoms with Gasteiger partial charge in [-0.2, -0.15) is 0 Å². The molecule has 0 bridgehead atoms. The fourth-order valence-corrected chi connectivity index (χ4v) is 3.40. The summed E-state index contributed by atoms with van der Waals surface area (Å²) in [4.78, 5) is 32.8. The largest absolute Gasteiger partial charge is 0.462 e. The van der Waals surface area contributed by atoms with Crippen LogP contribution in [0.15, 0.2) is 35.8 Å². The summed E-state index contributed by atoms with van der Waals surface area (Å²) < 4.78 is 10.5. The van der Waals surface area contributed by atoms with Crippen LogP contribution in [-0.2, 0) is 4.74 Å². The van der Waals surface area contributed by atoms with Crippen molar-refractivity contribution in [3.05, 3.63) is 52.0 Å². The molecule has 0 atom stereocenters. The Morgan fingerprint density at radius 1 is 1.23 bits per heavy atom. The van der Waals surface area contributed by atoms with Gasteiger partial charge in [-0.05, 0) is 38.1 Å². The smallest absolute Gasteiger partial charge is 0.350 e. The van der Waals surface area contributed by atoms with Crippen molar-refractivity contribution in [2.75, 3.05) is 11.9 Å². The van der Waals surface area contributed by atoms with Gasteiger partial charge in [0.1, 0.15) is 10.6 Å². The first-order chi connectivity index (χ1) is 12.6. The van der Waals surface area contributed by atoms with E-state index in [0.717, 1.165) is 11.3 Å². The van der Waals surface area contributed by atoms with Gasteiger partial charge >= 0.3 is 5.97 Å². The van der Waals surface area contributed by atoms with E-state index in [0.29, 0.717) is 32.2 Å². The van der Waals surface area contributed by atoms with Crippen LogP contribution in [0.1, 0.15) is 32.6 Å². The van der Waals surface area contributed by atoms with Crippen LogP contribution in [-0.4, -0.2) is 28.5 Å². The maximum Gasteiger partial charge on any atom is 0.350 e. The highest BCUT2D eigenvalue weighted by Crippen LogP contribution is 2.25. The number of benzene rings is 1. The van der Waals surface area contributed by atoms with Crippen LogP contribution in [0.2, 0.25) is 0 Å². The minimum atomic E-state index is -0.438. The number of carbonyl (C=O) groups excluding carboxylic acids is 2. The first-order valence-corrected chi connectivity index (χ1v) is 9.39. The number of carbonyl (C=O) groups is 2. The molecule has 1 amide bonds. The normalized spacial score (nSPS) is 10.4. The zero-order valence-electron chi connectivity index (χ0n) is 14.0. The molecule has 9 heteroatoms. The molecule has 0 aliphatic rings. The van der Waals surface area contributed by atoms with E-state index in [9.17, 15) is 9.59 Å². The Kier molecular flexibility index (Phi) is 5.59. The molecule has 0 saturated heterocycles. The molecule has 1 aromatic carbocycles. The highest BCUT2D eigenvalue weighted by molar-refractivity contribution is 7.17. The highest BCUT2D eigenvalue weighted by Gasteiger charge is 2.18. The second kappa shape index (κ2) is 8.07. The number of nitrogens with zero attached hydrogens (tertiary/aromatic N) is 2. The monoisotopic (exact) mass is 389 g/mol. The van der Waals surface area contributed by atoms with Crippen LogP contribution in [0.4, 0.5) is 5.13 Å². The number of esters is 1. The molecule has 3 rings (SSSR count). The number of nitrogens with one attached hydrogen (secondary N) is 1. The van der Waals surface area contributed by atoms with Crippen LogP contribution in [0, 0.1) is 6.92 Å². The Morgan fingerprint density at radius 3 is 2.65 bits per heavy atom. The van der Waals surface area contributed by atoms with Gasteiger partial charge in [0.25, 0.3) is 11.1 Å². The van der Waals surface area contributed by atoms with Crippen LogP contribution in [0.3, 0.4) is 0 Å². The average Bonchev–Trinajstić information content (AvgIpc) is 3.25. The number of thiazole rings is 2. The number of aryl methyl sites for hydroxylation is 1. The molecule has 0 radical (unpaired) electrons. The van der Waals surface area contributed by atoms with Gasteiger partial charge in [-0.15, -0.1) is 0 Å². The van der Waals surface area contributed by atoms with Crippen molar-refractivity contribution >= 4 is 39.7 Å². The van der Waals surface area contributed by atoms with Crippen molar-refractivity contribution in [1.82, 2.24) is 9.97 Å². The third-order valence-corrected chi connectivity index (χ3v) is 4.91. The number of anilines is 1. The molecular weight excluding hydrogens is 374 g/mol. The SMILES string of the molecule is CCOC(=O)c1sc(NC(=O)c2ccc(Oc3nccs3)cc2)nc1C. The minimum absolute atomic E-state index is 0.285. The second-order valence-electron chi connectivity index (χ2n) is 5.03. The first kappa shape index (κ1) is 18.0. The van der Waals surface area contributed by atoms with Crippen molar-refractivity contribution in [1.29, 1.82) is 0 Å². The summed E-state index contributed by atoms with van der Waals surface area (Å²) in [5.74, 6) is -0.173. The van der Waals surface area contributed by atoms with Crippen LogP contribution < -0.4 is 10.1 Å². The molecule has 0 fully saturated rings. The third kappa shape index (κ3) is 4.24. The Labute approximate surface area is 157 Å². The van der Waals surface area contributed by atoms with Crippen LogP contribution in [0.5, 0.6) is 10.9 Å². The molecular formula is C17H15N3O4S2. The topological polar surface area (TPSA) is 90.4 Å². The number of amides is 1. The maximum absolute atomic E-state index is 12.3. The van der Waals surface area contributed by atoms with Gasteiger partial charge in [0.2, 0.25) is 0 Å². The first-order valence-electron chi connectivity index (χ1n) is 7.70. The van der Waals surface area contributed by atoms with E-state index in [1.54, 1.807) is 44.3 Å². The lowest BCUT2D eigenvalue weighted by Crippen LogP contribution is -2.11. The Hall–Kier alpha value is -2.78. The molecule has 2 aromatic heterocycles. The average molecular weight is 389 g/mol. The van der Waals surface area contributed by atoms with E-state index in [1.807, 2.05) is 5.38 Å². The van der Waals surface area contributed by atoms with Gasteiger partial charge in [-0.3, -0.25) is 10.1 Å². The lowest BCUT2D eigenvalue weighted by atomic mass is 10.2. The van der Waals surface area contributed by atoms with Gasteiger partial charge in [-0.1, -0.05) is 22.7 Å². The summed E-state index contributed by atoms with van der Waals surface area (Å²) in [5, 5.41) is 5.39. The molecule has 1 N–H and O–H groups in total. The quantitative estimate of drug-likeness (QED) is 0.638. The third-order valence-electron chi connectivity index (χ3n) is 3.21. The van der Waals surface area contributed by atoms with Crippen LogP contribution in [0.25, 0.3) is 0 Å². The zero-order chi connectivity index (χ0) is 18.5. The summed E-state index contributed by atoms with van der Waals surface area (Å²) in [6.45, 7) is 3.72. The van der Waals surface area contributed by atoms with Crippen molar-refractivity contribution in [3.8, 4) is 10.9 Å². The Bertz CT molecular complexity index is 905. The van der Waals surface area contributed by atoms with E-state index in [4.69, 9.17) is 9.47 Å². The van der Waals surface area contributed by atoms with E-state index >= 15 is 0 Å². The van der Waals surface area contributed by atoms with E-state index in [2.05, 4.69) is 15.3 Å². The summed E-state index contributed by atoms with van der Waals surface area (Å²) in [5.41, 5.74) is 0.970. The predicted molar refractivity (Wildman–Crippen MR) is 99.4 cm³/mol. The van der Waals surface area contributed by atoms with Crippen LogP contribution >= 0.6 is 22.7 Å². The van der Waals surface area contributed by atoms with Gasteiger partial charge in [0, 0.05) is 17.1 Å². The molecule has 2 heterocycles. The van der Waals surface area contributed by atoms with E-state index < -0.39 is 5.97 Å². The Morgan fingerprint density at radius 2 is 2.00 bits per heavy atom. The number of hydrogen-bond acceptors (Lipinski definition) is 8.